The Hall–Kier alpha value is -1.58. The number of hydrogen-bond acceptors (Lipinski definition) is 3. The molecular formula is C43H79N3. The van der Waals surface area contributed by atoms with E-state index in [0.717, 1.165) is 32.5 Å². The number of allylic oxidation sites excluding steroid dienone is 8. The molecule has 1 aliphatic rings. The summed E-state index contributed by atoms with van der Waals surface area (Å²) in [5.74, 6) is 0. The molecule has 1 unspecified atom stereocenters. The molecule has 0 aromatic heterocycles. The van der Waals surface area contributed by atoms with Gasteiger partial charge in [-0.25, -0.2) is 0 Å². The van der Waals surface area contributed by atoms with E-state index < -0.39 is 0 Å². The van der Waals surface area contributed by atoms with Gasteiger partial charge in [-0.1, -0.05) is 159 Å². The van der Waals surface area contributed by atoms with Crippen molar-refractivity contribution in [3.8, 4) is 0 Å². The summed E-state index contributed by atoms with van der Waals surface area (Å²) in [7, 11) is 0. The first-order valence-corrected chi connectivity index (χ1v) is 20.3. The molecule has 0 amide bonds. The van der Waals surface area contributed by atoms with Crippen molar-refractivity contribution in [2.45, 2.75) is 193 Å². The minimum atomic E-state index is 0.364. The minimum absolute atomic E-state index is 0.364. The molecule has 0 bridgehead atoms. The van der Waals surface area contributed by atoms with E-state index in [9.17, 15) is 0 Å². The second kappa shape index (κ2) is 34.7. The molecule has 0 spiro atoms. The van der Waals surface area contributed by atoms with Gasteiger partial charge in [-0.2, -0.15) is 0 Å². The van der Waals surface area contributed by atoms with E-state index in [4.69, 9.17) is 0 Å². The zero-order chi connectivity index (χ0) is 33.0. The fourth-order valence-corrected chi connectivity index (χ4v) is 6.31. The zero-order valence-electron chi connectivity index (χ0n) is 31.0. The molecule has 3 nitrogen and oxygen atoms in total. The lowest BCUT2D eigenvalue weighted by Crippen LogP contribution is -2.52. The molecule has 1 aliphatic heterocycles. The molecule has 1 saturated heterocycles. The Kier molecular flexibility index (Phi) is 32.1. The van der Waals surface area contributed by atoms with Gasteiger partial charge in [0, 0.05) is 31.4 Å². The van der Waals surface area contributed by atoms with Crippen molar-refractivity contribution in [1.82, 2.24) is 16.0 Å². The molecule has 3 heteroatoms. The summed E-state index contributed by atoms with van der Waals surface area (Å²) in [6.45, 7) is 12.1. The predicted octanol–water partition coefficient (Wildman–Crippen LogP) is 12.4. The minimum Gasteiger partial charge on any atom is -0.385 e. The third-order valence-electron chi connectivity index (χ3n) is 9.36. The van der Waals surface area contributed by atoms with Crippen molar-refractivity contribution >= 4 is 0 Å². The van der Waals surface area contributed by atoms with Crippen molar-refractivity contribution in [2.75, 3.05) is 19.6 Å². The maximum absolute atomic E-state index is 4.44. The van der Waals surface area contributed by atoms with Crippen LogP contribution in [-0.4, -0.2) is 31.7 Å². The van der Waals surface area contributed by atoms with Crippen LogP contribution in [0.5, 0.6) is 0 Å². The fraction of sp³-hybridized carbons (Fsp3) is 0.767. The van der Waals surface area contributed by atoms with Crippen LogP contribution in [0.4, 0.5) is 0 Å². The number of nitrogens with one attached hydrogen (secondary N) is 3. The number of hydrogen-bond donors (Lipinski definition) is 3. The second-order valence-corrected chi connectivity index (χ2v) is 13.8. The van der Waals surface area contributed by atoms with Gasteiger partial charge >= 0.3 is 0 Å². The van der Waals surface area contributed by atoms with Crippen LogP contribution in [0.3, 0.4) is 0 Å². The SMILES string of the molecule is C=C(NC(CCCCCCCC/C=C\C/C=C\CCCCC)CCCCCCCC/C=C\C/C=C\CCCCC)C1CNCCN1. The molecule has 266 valence electrons. The van der Waals surface area contributed by atoms with Gasteiger partial charge in [-0.15, -0.1) is 0 Å². The lowest BCUT2D eigenvalue weighted by Gasteiger charge is -2.30. The summed E-state index contributed by atoms with van der Waals surface area (Å²) in [5.41, 5.74) is 1.19. The predicted molar refractivity (Wildman–Crippen MR) is 209 cm³/mol. The van der Waals surface area contributed by atoms with E-state index in [1.807, 2.05) is 0 Å². The van der Waals surface area contributed by atoms with Gasteiger partial charge in [0.25, 0.3) is 0 Å². The van der Waals surface area contributed by atoms with E-state index >= 15 is 0 Å². The molecule has 46 heavy (non-hydrogen) atoms. The van der Waals surface area contributed by atoms with Gasteiger partial charge in [0.2, 0.25) is 0 Å². The first-order chi connectivity index (χ1) is 22.8. The maximum Gasteiger partial charge on any atom is 0.0590 e. The maximum atomic E-state index is 4.44. The summed E-state index contributed by atoms with van der Waals surface area (Å²) < 4.78 is 0. The van der Waals surface area contributed by atoms with Crippen LogP contribution in [0.25, 0.3) is 0 Å². The summed E-state index contributed by atoms with van der Waals surface area (Å²) >= 11 is 0. The molecule has 0 aromatic rings. The Morgan fingerprint density at radius 3 is 1.39 bits per heavy atom. The normalized spacial score (nSPS) is 15.8. The van der Waals surface area contributed by atoms with E-state index in [1.165, 1.54) is 160 Å². The monoisotopic (exact) mass is 638 g/mol. The van der Waals surface area contributed by atoms with E-state index in [2.05, 4.69) is 85.0 Å². The third-order valence-corrected chi connectivity index (χ3v) is 9.36. The van der Waals surface area contributed by atoms with E-state index in [-0.39, 0.29) is 0 Å². The highest BCUT2D eigenvalue weighted by atomic mass is 15.1. The molecule has 1 heterocycles. The summed E-state index contributed by atoms with van der Waals surface area (Å²) in [5, 5.41) is 11.0. The van der Waals surface area contributed by atoms with Crippen molar-refractivity contribution in [2.24, 2.45) is 0 Å². The van der Waals surface area contributed by atoms with Gasteiger partial charge < -0.3 is 16.0 Å². The average Bonchev–Trinajstić information content (AvgIpc) is 3.08. The van der Waals surface area contributed by atoms with Crippen molar-refractivity contribution < 1.29 is 0 Å². The van der Waals surface area contributed by atoms with Crippen LogP contribution in [0.15, 0.2) is 60.9 Å². The lowest BCUT2D eigenvalue weighted by molar-refractivity contribution is 0.394. The smallest absolute Gasteiger partial charge is 0.0590 e. The molecule has 3 N–H and O–H groups in total. The first kappa shape index (κ1) is 42.4. The quantitative estimate of drug-likeness (QED) is 0.0495. The summed E-state index contributed by atoms with van der Waals surface area (Å²) in [6, 6.07) is 0.941. The highest BCUT2D eigenvalue weighted by Gasteiger charge is 2.18. The standard InChI is InChI=1S/C43H79N3/c1-4-6-8-10-12-14-16-18-20-22-24-26-28-30-32-34-36-42(46-41(3)43-40-44-38-39-45-43)37-35-33-31-29-27-25-23-21-19-17-15-13-11-9-7-5-2/h12-15,18-21,42-46H,3-11,16-17,22-40H2,1-2H3/b14-12-,15-13-,20-18-,21-19-. The largest absolute Gasteiger partial charge is 0.385 e. The van der Waals surface area contributed by atoms with Gasteiger partial charge in [-0.05, 0) is 77.0 Å². The van der Waals surface area contributed by atoms with Crippen LogP contribution < -0.4 is 16.0 Å². The molecule has 0 radical (unpaired) electrons. The molecule has 1 rings (SSSR count). The highest BCUT2D eigenvalue weighted by Crippen LogP contribution is 2.17. The first-order valence-electron chi connectivity index (χ1n) is 20.3. The van der Waals surface area contributed by atoms with Crippen molar-refractivity contribution in [1.29, 1.82) is 0 Å². The van der Waals surface area contributed by atoms with Crippen LogP contribution in [0, 0.1) is 0 Å². The number of rotatable bonds is 33. The number of unbranched alkanes of at least 4 members (excludes halogenated alkanes) is 18. The molecule has 0 aromatic carbocycles. The van der Waals surface area contributed by atoms with Gasteiger partial charge in [-0.3, -0.25) is 0 Å². The van der Waals surface area contributed by atoms with Gasteiger partial charge in [0.05, 0.1) is 6.04 Å². The Labute approximate surface area is 288 Å². The van der Waals surface area contributed by atoms with Crippen LogP contribution in [0.1, 0.15) is 181 Å². The molecular weight excluding hydrogens is 558 g/mol. The van der Waals surface area contributed by atoms with Gasteiger partial charge in [0.1, 0.15) is 0 Å². The highest BCUT2D eigenvalue weighted by molar-refractivity contribution is 5.07. The molecule has 1 fully saturated rings. The fourth-order valence-electron chi connectivity index (χ4n) is 6.31. The van der Waals surface area contributed by atoms with E-state index in [1.54, 1.807) is 0 Å². The van der Waals surface area contributed by atoms with Crippen LogP contribution in [-0.2, 0) is 0 Å². The number of piperazine rings is 1. The van der Waals surface area contributed by atoms with Crippen LogP contribution in [0.2, 0.25) is 0 Å². The average molecular weight is 638 g/mol. The molecule has 0 aliphatic carbocycles. The Morgan fingerprint density at radius 1 is 0.565 bits per heavy atom. The molecule has 0 saturated carbocycles. The van der Waals surface area contributed by atoms with Crippen molar-refractivity contribution in [3.63, 3.8) is 0 Å². The Balaban J connectivity index is 2.13. The Bertz CT molecular complexity index is 710. The van der Waals surface area contributed by atoms with E-state index in [0.29, 0.717) is 12.1 Å². The molecule has 1 atom stereocenters. The second-order valence-electron chi connectivity index (χ2n) is 13.8. The van der Waals surface area contributed by atoms with Crippen molar-refractivity contribution in [3.05, 3.63) is 60.9 Å². The third kappa shape index (κ3) is 28.6. The lowest BCUT2D eigenvalue weighted by atomic mass is 9.99. The van der Waals surface area contributed by atoms with Crippen LogP contribution >= 0.6 is 0 Å². The Morgan fingerprint density at radius 2 is 0.978 bits per heavy atom. The van der Waals surface area contributed by atoms with Gasteiger partial charge in [0.15, 0.2) is 0 Å². The zero-order valence-corrected chi connectivity index (χ0v) is 31.0. The topological polar surface area (TPSA) is 36.1 Å². The summed E-state index contributed by atoms with van der Waals surface area (Å²) in [6.07, 6.45) is 53.1. The summed E-state index contributed by atoms with van der Waals surface area (Å²) in [4.78, 5) is 0.